The second-order valence-electron chi connectivity index (χ2n) is 2.86. The summed E-state index contributed by atoms with van der Waals surface area (Å²) >= 11 is 0. The van der Waals surface area contributed by atoms with Crippen LogP contribution in [0.5, 0.6) is 0 Å². The SMILES string of the molecule is c1ncc2c(ccc3ccoc32)n1. The molecule has 3 heteroatoms. The van der Waals surface area contributed by atoms with Gasteiger partial charge < -0.3 is 4.42 Å². The fourth-order valence-corrected chi connectivity index (χ4v) is 1.48. The van der Waals surface area contributed by atoms with Crippen LogP contribution in [0.4, 0.5) is 0 Å². The zero-order chi connectivity index (χ0) is 8.67. The molecular formula is C10H6N2O. The Hall–Kier alpha value is -1.90. The van der Waals surface area contributed by atoms with Crippen LogP contribution in [-0.2, 0) is 0 Å². The van der Waals surface area contributed by atoms with Crippen LogP contribution in [0.1, 0.15) is 0 Å². The summed E-state index contributed by atoms with van der Waals surface area (Å²) in [6.07, 6.45) is 4.99. The Balaban J connectivity index is 2.65. The predicted octanol–water partition coefficient (Wildman–Crippen LogP) is 2.38. The largest absolute Gasteiger partial charge is 0.464 e. The van der Waals surface area contributed by atoms with Crippen LogP contribution >= 0.6 is 0 Å². The minimum Gasteiger partial charge on any atom is -0.464 e. The molecule has 3 rings (SSSR count). The third-order valence-electron chi connectivity index (χ3n) is 2.10. The van der Waals surface area contributed by atoms with Gasteiger partial charge in [-0.15, -0.1) is 0 Å². The number of hydrogen-bond acceptors (Lipinski definition) is 3. The van der Waals surface area contributed by atoms with Gasteiger partial charge in [-0.25, -0.2) is 9.97 Å². The zero-order valence-corrected chi connectivity index (χ0v) is 6.77. The number of furan rings is 1. The van der Waals surface area contributed by atoms with Crippen molar-refractivity contribution in [3.63, 3.8) is 0 Å². The zero-order valence-electron chi connectivity index (χ0n) is 6.77. The van der Waals surface area contributed by atoms with E-state index in [1.807, 2.05) is 18.2 Å². The fourth-order valence-electron chi connectivity index (χ4n) is 1.48. The van der Waals surface area contributed by atoms with Crippen molar-refractivity contribution in [3.8, 4) is 0 Å². The van der Waals surface area contributed by atoms with Gasteiger partial charge in [0, 0.05) is 11.6 Å². The standard InChI is InChI=1S/C10H6N2O/c1-2-9-8(5-11-6-12-9)10-7(1)3-4-13-10/h1-6H. The molecule has 3 aromatic rings. The van der Waals surface area contributed by atoms with E-state index in [1.165, 1.54) is 6.33 Å². The Kier molecular flexibility index (Phi) is 1.16. The maximum absolute atomic E-state index is 5.35. The number of hydrogen-bond donors (Lipinski definition) is 0. The Labute approximate surface area is 74.0 Å². The maximum atomic E-state index is 5.35. The van der Waals surface area contributed by atoms with Gasteiger partial charge in [0.2, 0.25) is 0 Å². The van der Waals surface area contributed by atoms with Crippen molar-refractivity contribution in [1.29, 1.82) is 0 Å². The molecule has 3 nitrogen and oxygen atoms in total. The molecule has 0 unspecified atom stereocenters. The molecule has 0 saturated carbocycles. The second kappa shape index (κ2) is 2.29. The van der Waals surface area contributed by atoms with E-state index in [0.717, 1.165) is 21.9 Å². The van der Waals surface area contributed by atoms with Crippen LogP contribution in [0.3, 0.4) is 0 Å². The topological polar surface area (TPSA) is 38.9 Å². The summed E-state index contributed by atoms with van der Waals surface area (Å²) in [6, 6.07) is 5.89. The molecule has 0 saturated heterocycles. The first-order valence-corrected chi connectivity index (χ1v) is 4.01. The van der Waals surface area contributed by atoms with Gasteiger partial charge in [-0.3, -0.25) is 0 Å². The highest BCUT2D eigenvalue weighted by molar-refractivity contribution is 6.01. The summed E-state index contributed by atoms with van der Waals surface area (Å²) in [6.45, 7) is 0. The van der Waals surface area contributed by atoms with Crippen molar-refractivity contribution >= 4 is 21.9 Å². The van der Waals surface area contributed by atoms with Crippen molar-refractivity contribution < 1.29 is 4.42 Å². The third-order valence-corrected chi connectivity index (χ3v) is 2.10. The smallest absolute Gasteiger partial charge is 0.144 e. The fraction of sp³-hybridized carbons (Fsp3) is 0. The molecule has 0 aliphatic rings. The lowest BCUT2D eigenvalue weighted by Crippen LogP contribution is -1.79. The molecule has 2 heterocycles. The van der Waals surface area contributed by atoms with E-state index >= 15 is 0 Å². The summed E-state index contributed by atoms with van der Waals surface area (Å²) in [5.74, 6) is 0. The third kappa shape index (κ3) is 0.839. The molecule has 0 fully saturated rings. The van der Waals surface area contributed by atoms with Crippen molar-refractivity contribution in [3.05, 3.63) is 37.0 Å². The van der Waals surface area contributed by atoms with Crippen molar-refractivity contribution in [2.45, 2.75) is 0 Å². The molecule has 0 radical (unpaired) electrons. The molecule has 0 aliphatic heterocycles. The molecule has 62 valence electrons. The Morgan fingerprint density at radius 3 is 3.15 bits per heavy atom. The van der Waals surface area contributed by atoms with Crippen LogP contribution in [0, 0.1) is 0 Å². The highest BCUT2D eigenvalue weighted by Gasteiger charge is 2.02. The molecule has 2 aromatic heterocycles. The van der Waals surface area contributed by atoms with Crippen LogP contribution in [0.15, 0.2) is 41.4 Å². The first kappa shape index (κ1) is 6.60. The first-order chi connectivity index (χ1) is 6.45. The van der Waals surface area contributed by atoms with Gasteiger partial charge in [-0.1, -0.05) is 0 Å². The van der Waals surface area contributed by atoms with E-state index in [9.17, 15) is 0 Å². The number of aromatic nitrogens is 2. The average Bonchev–Trinajstić information content (AvgIpc) is 2.65. The van der Waals surface area contributed by atoms with E-state index in [2.05, 4.69) is 9.97 Å². The van der Waals surface area contributed by atoms with Gasteiger partial charge in [-0.2, -0.15) is 0 Å². The van der Waals surface area contributed by atoms with Gasteiger partial charge in [0.15, 0.2) is 0 Å². The van der Waals surface area contributed by atoms with Crippen LogP contribution in [-0.4, -0.2) is 9.97 Å². The van der Waals surface area contributed by atoms with Crippen LogP contribution in [0.2, 0.25) is 0 Å². The summed E-state index contributed by atoms with van der Waals surface area (Å²) in [4.78, 5) is 8.11. The van der Waals surface area contributed by atoms with E-state index < -0.39 is 0 Å². The highest BCUT2D eigenvalue weighted by Crippen LogP contribution is 2.23. The van der Waals surface area contributed by atoms with Crippen LogP contribution in [0.25, 0.3) is 21.9 Å². The minimum absolute atomic E-state index is 0.859. The summed E-state index contributed by atoms with van der Waals surface area (Å²) in [5.41, 5.74) is 1.77. The van der Waals surface area contributed by atoms with Gasteiger partial charge in [0.1, 0.15) is 11.9 Å². The molecule has 1 aromatic carbocycles. The van der Waals surface area contributed by atoms with E-state index in [-0.39, 0.29) is 0 Å². The monoisotopic (exact) mass is 170 g/mol. The Morgan fingerprint density at radius 1 is 1.15 bits per heavy atom. The normalized spacial score (nSPS) is 11.1. The van der Waals surface area contributed by atoms with Gasteiger partial charge in [-0.05, 0) is 18.2 Å². The van der Waals surface area contributed by atoms with Crippen molar-refractivity contribution in [2.75, 3.05) is 0 Å². The van der Waals surface area contributed by atoms with Gasteiger partial charge in [0.05, 0.1) is 17.2 Å². The Bertz CT molecular complexity index is 571. The molecule has 0 N–H and O–H groups in total. The van der Waals surface area contributed by atoms with Gasteiger partial charge >= 0.3 is 0 Å². The number of nitrogens with zero attached hydrogens (tertiary/aromatic N) is 2. The lowest BCUT2D eigenvalue weighted by Gasteiger charge is -1.94. The number of benzene rings is 1. The van der Waals surface area contributed by atoms with E-state index in [4.69, 9.17) is 4.42 Å². The van der Waals surface area contributed by atoms with Crippen molar-refractivity contribution in [1.82, 2.24) is 9.97 Å². The highest BCUT2D eigenvalue weighted by atomic mass is 16.3. The molecule has 0 aliphatic carbocycles. The second-order valence-corrected chi connectivity index (χ2v) is 2.86. The molecular weight excluding hydrogens is 164 g/mol. The summed E-state index contributed by atoms with van der Waals surface area (Å²) < 4.78 is 5.35. The Morgan fingerprint density at radius 2 is 2.15 bits per heavy atom. The quantitative estimate of drug-likeness (QED) is 0.520. The molecule has 0 bridgehead atoms. The lowest BCUT2D eigenvalue weighted by atomic mass is 10.2. The van der Waals surface area contributed by atoms with Crippen LogP contribution < -0.4 is 0 Å². The van der Waals surface area contributed by atoms with E-state index in [1.54, 1.807) is 12.5 Å². The van der Waals surface area contributed by atoms with Gasteiger partial charge in [0.25, 0.3) is 0 Å². The maximum Gasteiger partial charge on any atom is 0.144 e. The minimum atomic E-state index is 0.859. The molecule has 0 atom stereocenters. The summed E-state index contributed by atoms with van der Waals surface area (Å²) in [5, 5.41) is 2.05. The molecule has 0 amide bonds. The number of rotatable bonds is 0. The van der Waals surface area contributed by atoms with Crippen molar-refractivity contribution in [2.24, 2.45) is 0 Å². The summed E-state index contributed by atoms with van der Waals surface area (Å²) in [7, 11) is 0. The predicted molar refractivity (Wildman–Crippen MR) is 49.3 cm³/mol. The average molecular weight is 170 g/mol. The lowest BCUT2D eigenvalue weighted by molar-refractivity contribution is 0.619. The van der Waals surface area contributed by atoms with E-state index in [0.29, 0.717) is 0 Å². The number of fused-ring (bicyclic) bond motifs is 3. The first-order valence-electron chi connectivity index (χ1n) is 4.01. The molecule has 0 spiro atoms. The molecule has 13 heavy (non-hydrogen) atoms.